The minimum absolute atomic E-state index is 0.0158. The van der Waals surface area contributed by atoms with Gasteiger partial charge in [-0.25, -0.2) is 0 Å². The fourth-order valence-electron chi connectivity index (χ4n) is 1.87. The van der Waals surface area contributed by atoms with Crippen LogP contribution in [0.3, 0.4) is 0 Å². The number of anilines is 1. The summed E-state index contributed by atoms with van der Waals surface area (Å²) in [5.41, 5.74) is 1.75. The summed E-state index contributed by atoms with van der Waals surface area (Å²) >= 11 is 2.21. The second-order valence-corrected chi connectivity index (χ2v) is 6.10. The van der Waals surface area contributed by atoms with Crippen molar-refractivity contribution in [1.82, 2.24) is 5.32 Å². The van der Waals surface area contributed by atoms with E-state index in [2.05, 4.69) is 33.2 Å². The summed E-state index contributed by atoms with van der Waals surface area (Å²) in [4.78, 5) is 12.1. The van der Waals surface area contributed by atoms with E-state index in [1.165, 1.54) is 6.20 Å². The summed E-state index contributed by atoms with van der Waals surface area (Å²) in [7, 11) is 1.60. The molecule has 2 rings (SSSR count). The molecule has 2 N–H and O–H groups in total. The molecule has 0 aliphatic carbocycles. The molecule has 0 bridgehead atoms. The van der Waals surface area contributed by atoms with E-state index in [1.54, 1.807) is 7.11 Å². The van der Waals surface area contributed by atoms with Crippen molar-refractivity contribution in [3.05, 3.63) is 69.4 Å². The number of rotatable bonds is 6. The highest BCUT2D eigenvalue weighted by Gasteiger charge is 2.08. The number of nitriles is 1. The summed E-state index contributed by atoms with van der Waals surface area (Å²) in [6.07, 6.45) is 1.41. The molecule has 0 atom stereocenters. The molecule has 1 amide bonds. The van der Waals surface area contributed by atoms with Crippen LogP contribution < -0.4 is 15.4 Å². The van der Waals surface area contributed by atoms with Crippen LogP contribution in [0.5, 0.6) is 5.75 Å². The van der Waals surface area contributed by atoms with Gasteiger partial charge in [0.15, 0.2) is 0 Å². The largest absolute Gasteiger partial charge is 0.497 e. The smallest absolute Gasteiger partial charge is 0.263 e. The van der Waals surface area contributed by atoms with Gasteiger partial charge in [-0.3, -0.25) is 4.79 Å². The Balaban J connectivity index is 1.93. The second kappa shape index (κ2) is 8.93. The van der Waals surface area contributed by atoms with E-state index in [0.29, 0.717) is 6.54 Å². The first-order valence-electron chi connectivity index (χ1n) is 7.16. The fraction of sp³-hybridized carbons (Fsp3) is 0.111. The lowest BCUT2D eigenvalue weighted by atomic mass is 10.2. The third-order valence-corrected chi connectivity index (χ3v) is 3.92. The lowest BCUT2D eigenvalue weighted by Gasteiger charge is -2.06. The van der Waals surface area contributed by atoms with Crippen LogP contribution in [0.1, 0.15) is 5.56 Å². The van der Waals surface area contributed by atoms with Crippen LogP contribution in [0.4, 0.5) is 5.69 Å². The van der Waals surface area contributed by atoms with E-state index in [1.807, 2.05) is 54.6 Å². The van der Waals surface area contributed by atoms with Crippen LogP contribution in [0.2, 0.25) is 0 Å². The number of halogens is 1. The van der Waals surface area contributed by atoms with E-state index in [9.17, 15) is 4.79 Å². The van der Waals surface area contributed by atoms with Gasteiger partial charge in [-0.05, 0) is 64.6 Å². The first-order valence-corrected chi connectivity index (χ1v) is 8.24. The Morgan fingerprint density at radius 2 is 1.88 bits per heavy atom. The van der Waals surface area contributed by atoms with E-state index >= 15 is 0 Å². The Kier molecular flexibility index (Phi) is 6.63. The summed E-state index contributed by atoms with van der Waals surface area (Å²) in [5.74, 6) is 0.329. The molecule has 6 heteroatoms. The number of nitrogens with one attached hydrogen (secondary N) is 2. The molecular weight excluding hydrogens is 417 g/mol. The third kappa shape index (κ3) is 5.28. The van der Waals surface area contributed by atoms with Crippen molar-refractivity contribution in [3.63, 3.8) is 0 Å². The van der Waals surface area contributed by atoms with Gasteiger partial charge in [0.2, 0.25) is 0 Å². The van der Waals surface area contributed by atoms with Crippen molar-refractivity contribution in [3.8, 4) is 11.8 Å². The molecule has 0 aromatic heterocycles. The quantitative estimate of drug-likeness (QED) is 0.416. The SMILES string of the molecule is COc1ccc(CNC(=O)/C(C#N)=C\Nc2ccc(I)cc2)cc1. The lowest BCUT2D eigenvalue weighted by molar-refractivity contribution is -0.117. The van der Waals surface area contributed by atoms with E-state index in [4.69, 9.17) is 10.00 Å². The number of hydrogen-bond donors (Lipinski definition) is 2. The molecule has 0 aliphatic rings. The number of ether oxygens (including phenoxy) is 1. The second-order valence-electron chi connectivity index (χ2n) is 4.85. The molecule has 2 aromatic carbocycles. The van der Waals surface area contributed by atoms with Crippen molar-refractivity contribution in [2.45, 2.75) is 6.54 Å². The number of carbonyl (C=O) groups excluding carboxylic acids is 1. The average Bonchev–Trinajstić information content (AvgIpc) is 2.62. The van der Waals surface area contributed by atoms with Crippen LogP contribution in [-0.2, 0) is 11.3 Å². The molecule has 0 heterocycles. The Hall–Kier alpha value is -2.53. The highest BCUT2D eigenvalue weighted by atomic mass is 127. The maximum atomic E-state index is 12.1. The van der Waals surface area contributed by atoms with Gasteiger partial charge in [0.25, 0.3) is 5.91 Å². The minimum atomic E-state index is -0.425. The van der Waals surface area contributed by atoms with Crippen molar-refractivity contribution in [1.29, 1.82) is 5.26 Å². The van der Waals surface area contributed by atoms with Crippen molar-refractivity contribution < 1.29 is 9.53 Å². The summed E-state index contributed by atoms with van der Waals surface area (Å²) in [6.45, 7) is 0.339. The van der Waals surface area contributed by atoms with E-state index < -0.39 is 5.91 Å². The predicted octanol–water partition coefficient (Wildman–Crippen LogP) is 3.44. The molecule has 24 heavy (non-hydrogen) atoms. The zero-order chi connectivity index (χ0) is 17.4. The summed E-state index contributed by atoms with van der Waals surface area (Å²) in [5, 5.41) is 14.8. The van der Waals surface area contributed by atoms with Gasteiger partial charge in [-0.2, -0.15) is 5.26 Å². The first-order chi connectivity index (χ1) is 11.6. The highest BCUT2D eigenvalue weighted by molar-refractivity contribution is 14.1. The number of benzene rings is 2. The molecule has 0 radical (unpaired) electrons. The Morgan fingerprint density at radius 3 is 2.46 bits per heavy atom. The molecule has 0 saturated heterocycles. The van der Waals surface area contributed by atoms with Gasteiger partial charge in [-0.1, -0.05) is 12.1 Å². The van der Waals surface area contributed by atoms with Gasteiger partial charge in [-0.15, -0.1) is 0 Å². The number of nitrogens with zero attached hydrogens (tertiary/aromatic N) is 1. The molecule has 5 nitrogen and oxygen atoms in total. The summed E-state index contributed by atoms with van der Waals surface area (Å²) < 4.78 is 6.19. The monoisotopic (exact) mass is 433 g/mol. The Bertz CT molecular complexity index is 762. The van der Waals surface area contributed by atoms with Crippen molar-refractivity contribution in [2.75, 3.05) is 12.4 Å². The average molecular weight is 433 g/mol. The Labute approximate surface area is 154 Å². The minimum Gasteiger partial charge on any atom is -0.497 e. The van der Waals surface area contributed by atoms with Gasteiger partial charge >= 0.3 is 0 Å². The topological polar surface area (TPSA) is 74.1 Å². The number of hydrogen-bond acceptors (Lipinski definition) is 4. The third-order valence-electron chi connectivity index (χ3n) is 3.20. The normalized spacial score (nSPS) is 10.6. The van der Waals surface area contributed by atoms with Gasteiger partial charge < -0.3 is 15.4 Å². The number of amides is 1. The van der Waals surface area contributed by atoms with E-state index in [0.717, 1.165) is 20.6 Å². The zero-order valence-corrected chi connectivity index (χ0v) is 15.2. The van der Waals surface area contributed by atoms with Gasteiger partial charge in [0.1, 0.15) is 17.4 Å². The van der Waals surface area contributed by atoms with Crippen LogP contribution >= 0.6 is 22.6 Å². The molecule has 0 spiro atoms. The molecule has 122 valence electrons. The highest BCUT2D eigenvalue weighted by Crippen LogP contribution is 2.12. The number of methoxy groups -OCH3 is 1. The van der Waals surface area contributed by atoms with Gasteiger partial charge in [0.05, 0.1) is 7.11 Å². The van der Waals surface area contributed by atoms with Crippen molar-refractivity contribution in [2.24, 2.45) is 0 Å². The zero-order valence-electron chi connectivity index (χ0n) is 13.0. The maximum absolute atomic E-state index is 12.1. The maximum Gasteiger partial charge on any atom is 0.263 e. The summed E-state index contributed by atoms with van der Waals surface area (Å²) in [6, 6.07) is 16.9. The van der Waals surface area contributed by atoms with Crippen LogP contribution in [0, 0.1) is 14.9 Å². The van der Waals surface area contributed by atoms with Crippen LogP contribution in [-0.4, -0.2) is 13.0 Å². The fourth-order valence-corrected chi connectivity index (χ4v) is 2.23. The lowest BCUT2D eigenvalue weighted by Crippen LogP contribution is -2.24. The van der Waals surface area contributed by atoms with Crippen molar-refractivity contribution >= 4 is 34.2 Å². The van der Waals surface area contributed by atoms with Gasteiger partial charge in [0, 0.05) is 22.0 Å². The molecule has 0 unspecified atom stereocenters. The molecule has 0 fully saturated rings. The molecule has 0 saturated carbocycles. The number of carbonyl (C=O) groups is 1. The van der Waals surface area contributed by atoms with E-state index in [-0.39, 0.29) is 5.57 Å². The van der Waals surface area contributed by atoms with Crippen LogP contribution in [0.25, 0.3) is 0 Å². The predicted molar refractivity (Wildman–Crippen MR) is 101 cm³/mol. The van der Waals surface area contributed by atoms with Crippen LogP contribution in [0.15, 0.2) is 60.3 Å². The Morgan fingerprint density at radius 1 is 1.21 bits per heavy atom. The first kappa shape index (κ1) is 17.8. The molecular formula is C18H16IN3O2. The molecule has 2 aromatic rings. The molecule has 0 aliphatic heterocycles. The standard InChI is InChI=1S/C18H16IN3O2/c1-24-17-8-2-13(3-9-17)11-22-18(23)14(10-20)12-21-16-6-4-15(19)5-7-16/h2-9,12,21H,11H2,1H3,(H,22,23)/b14-12-.